The van der Waals surface area contributed by atoms with Crippen LogP contribution in [0, 0.1) is 0 Å². The Kier molecular flexibility index (Phi) is 4.76. The van der Waals surface area contributed by atoms with Gasteiger partial charge in [-0.15, -0.1) is 11.3 Å². The Balaban J connectivity index is 1.86. The molecule has 0 aliphatic carbocycles. The maximum atomic E-state index is 11.7. The van der Waals surface area contributed by atoms with E-state index in [0.717, 1.165) is 21.7 Å². The number of carboxylic acids is 1. The molecule has 0 bridgehead atoms. The molecule has 0 saturated carbocycles. The Bertz CT molecular complexity index is 959. The number of thiophene rings is 1. The lowest BCUT2D eigenvalue weighted by atomic mass is 10.2. The second-order valence-electron chi connectivity index (χ2n) is 4.99. The summed E-state index contributed by atoms with van der Waals surface area (Å²) in [6.45, 7) is 0. The van der Waals surface area contributed by atoms with Crippen molar-refractivity contribution < 1.29 is 24.2 Å². The van der Waals surface area contributed by atoms with Gasteiger partial charge in [0.15, 0.2) is 5.75 Å². The van der Waals surface area contributed by atoms with Gasteiger partial charge in [-0.3, -0.25) is 4.98 Å². The lowest BCUT2D eigenvalue weighted by Crippen LogP contribution is -1.96. The summed E-state index contributed by atoms with van der Waals surface area (Å²) in [4.78, 5) is 26.8. The monoisotopic (exact) mass is 355 g/mol. The summed E-state index contributed by atoms with van der Waals surface area (Å²) >= 11 is 1.28. The Morgan fingerprint density at radius 3 is 2.64 bits per heavy atom. The highest BCUT2D eigenvalue weighted by Gasteiger charge is 2.14. The summed E-state index contributed by atoms with van der Waals surface area (Å²) in [6, 6.07) is 8.67. The van der Waals surface area contributed by atoms with E-state index in [1.54, 1.807) is 42.7 Å². The average molecular weight is 355 g/mol. The van der Waals surface area contributed by atoms with Crippen LogP contribution in [0.25, 0.3) is 16.2 Å². The molecule has 0 aliphatic rings. The van der Waals surface area contributed by atoms with E-state index in [2.05, 4.69) is 4.98 Å². The summed E-state index contributed by atoms with van der Waals surface area (Å²) in [6.07, 6.45) is 5.81. The summed E-state index contributed by atoms with van der Waals surface area (Å²) in [7, 11) is 1.34. The summed E-state index contributed by atoms with van der Waals surface area (Å²) < 4.78 is 11.4. The van der Waals surface area contributed by atoms with Crippen molar-refractivity contribution in [2.45, 2.75) is 0 Å². The van der Waals surface area contributed by atoms with Crippen molar-refractivity contribution >= 4 is 39.4 Å². The number of carboxylic acid groups (broad SMARTS) is 1. The number of ether oxygens (including phenoxy) is 2. The van der Waals surface area contributed by atoms with Gasteiger partial charge in [0.05, 0.1) is 18.0 Å². The first-order chi connectivity index (χ1) is 12.1. The fourth-order valence-electron chi connectivity index (χ4n) is 2.16. The van der Waals surface area contributed by atoms with E-state index >= 15 is 0 Å². The van der Waals surface area contributed by atoms with E-state index in [1.807, 2.05) is 0 Å². The van der Waals surface area contributed by atoms with Crippen LogP contribution in [0.15, 0.2) is 48.8 Å². The molecule has 126 valence electrons. The van der Waals surface area contributed by atoms with E-state index in [9.17, 15) is 9.59 Å². The summed E-state index contributed by atoms with van der Waals surface area (Å²) in [5, 5.41) is 9.41. The van der Waals surface area contributed by atoms with Gasteiger partial charge in [-0.1, -0.05) is 12.1 Å². The zero-order chi connectivity index (χ0) is 17.8. The molecule has 0 unspecified atom stereocenters. The third-order valence-corrected chi connectivity index (χ3v) is 4.37. The van der Waals surface area contributed by atoms with Crippen LogP contribution < -0.4 is 4.74 Å². The third kappa shape index (κ3) is 3.84. The normalized spacial score (nSPS) is 10.9. The van der Waals surface area contributed by atoms with Gasteiger partial charge in [-0.25, -0.2) is 9.59 Å². The topological polar surface area (TPSA) is 85.7 Å². The molecule has 0 radical (unpaired) electrons. The molecule has 0 saturated heterocycles. The number of esters is 1. The van der Waals surface area contributed by atoms with Gasteiger partial charge < -0.3 is 14.6 Å². The van der Waals surface area contributed by atoms with Crippen LogP contribution in [0.1, 0.15) is 15.2 Å². The van der Waals surface area contributed by atoms with Crippen molar-refractivity contribution in [2.75, 3.05) is 7.11 Å². The number of carbonyl (C=O) groups is 2. The van der Waals surface area contributed by atoms with E-state index in [-0.39, 0.29) is 0 Å². The van der Waals surface area contributed by atoms with Crippen LogP contribution in [0.2, 0.25) is 0 Å². The number of carbonyl (C=O) groups excluding carboxylic acids is 1. The minimum absolute atomic E-state index is 0.401. The van der Waals surface area contributed by atoms with Gasteiger partial charge in [0.2, 0.25) is 0 Å². The quantitative estimate of drug-likeness (QED) is 0.550. The molecule has 25 heavy (non-hydrogen) atoms. The van der Waals surface area contributed by atoms with Crippen LogP contribution in [-0.4, -0.2) is 29.1 Å². The first kappa shape index (κ1) is 16.7. The molecule has 1 aromatic carbocycles. The van der Waals surface area contributed by atoms with Gasteiger partial charge >= 0.3 is 11.9 Å². The van der Waals surface area contributed by atoms with Gasteiger partial charge in [-0.05, 0) is 29.8 Å². The number of pyridine rings is 1. The fraction of sp³-hybridized carbons (Fsp3) is 0.0556. The number of aliphatic carboxylic acids is 1. The van der Waals surface area contributed by atoms with E-state index in [4.69, 9.17) is 14.6 Å². The number of fused-ring (bicyclic) bond motifs is 1. The minimum atomic E-state index is -1.00. The molecule has 7 heteroatoms. The molecule has 0 atom stereocenters. The molecule has 3 aromatic rings. The molecule has 0 amide bonds. The highest BCUT2D eigenvalue weighted by atomic mass is 32.1. The Hall–Kier alpha value is -3.19. The van der Waals surface area contributed by atoms with E-state index in [1.165, 1.54) is 24.5 Å². The molecule has 2 aromatic heterocycles. The number of nitrogens with zero attached hydrogens (tertiary/aromatic N) is 1. The first-order valence-corrected chi connectivity index (χ1v) is 8.03. The van der Waals surface area contributed by atoms with Gasteiger partial charge in [0.1, 0.15) is 10.6 Å². The lowest BCUT2D eigenvalue weighted by molar-refractivity contribution is -0.131. The number of benzene rings is 1. The van der Waals surface area contributed by atoms with Crippen molar-refractivity contribution in [3.05, 3.63) is 59.2 Å². The lowest BCUT2D eigenvalue weighted by Gasteiger charge is -2.06. The molecule has 6 nitrogen and oxygen atoms in total. The van der Waals surface area contributed by atoms with Gasteiger partial charge in [-0.2, -0.15) is 0 Å². The fourth-order valence-corrected chi connectivity index (χ4v) is 3.12. The SMILES string of the molecule is COC(=O)c1cc2c(Oc3ccc(/C=C/C(=O)O)cc3)cncc2s1. The Morgan fingerprint density at radius 1 is 1.20 bits per heavy atom. The van der Waals surface area contributed by atoms with Crippen molar-refractivity contribution in [1.29, 1.82) is 0 Å². The number of hydrogen-bond acceptors (Lipinski definition) is 6. The molecule has 2 heterocycles. The smallest absolute Gasteiger partial charge is 0.348 e. The second-order valence-corrected chi connectivity index (χ2v) is 6.08. The molecule has 1 N–H and O–H groups in total. The predicted molar refractivity (Wildman–Crippen MR) is 94.1 cm³/mol. The molecule has 0 aliphatic heterocycles. The number of aromatic nitrogens is 1. The predicted octanol–water partition coefficient (Wildman–Crippen LogP) is 3.97. The Labute approximate surface area is 147 Å². The highest BCUT2D eigenvalue weighted by molar-refractivity contribution is 7.20. The minimum Gasteiger partial charge on any atom is -0.478 e. The van der Waals surface area contributed by atoms with Crippen LogP contribution in [0.3, 0.4) is 0 Å². The first-order valence-electron chi connectivity index (χ1n) is 7.21. The second kappa shape index (κ2) is 7.14. The molecular formula is C18H13NO5S. The number of rotatable bonds is 5. The van der Waals surface area contributed by atoms with Crippen molar-refractivity contribution in [3.63, 3.8) is 0 Å². The average Bonchev–Trinajstić information content (AvgIpc) is 3.06. The van der Waals surface area contributed by atoms with Gasteiger partial charge in [0, 0.05) is 17.7 Å². The van der Waals surface area contributed by atoms with Crippen LogP contribution in [0.5, 0.6) is 11.5 Å². The van der Waals surface area contributed by atoms with E-state index in [0.29, 0.717) is 16.4 Å². The van der Waals surface area contributed by atoms with Crippen molar-refractivity contribution in [2.24, 2.45) is 0 Å². The largest absolute Gasteiger partial charge is 0.478 e. The molecule has 0 spiro atoms. The Morgan fingerprint density at radius 2 is 1.96 bits per heavy atom. The summed E-state index contributed by atoms with van der Waals surface area (Å²) in [5.41, 5.74) is 0.745. The standard InChI is InChI=1S/C18H13NO5S/c1-23-18(22)15-8-13-14(9-19-10-16(13)25-15)24-12-5-2-11(3-6-12)4-7-17(20)21/h2-10H,1H3,(H,20,21)/b7-4+. The van der Waals surface area contributed by atoms with Crippen molar-refractivity contribution in [1.82, 2.24) is 4.98 Å². The molecular weight excluding hydrogens is 342 g/mol. The molecule has 0 fully saturated rings. The van der Waals surface area contributed by atoms with Crippen LogP contribution >= 0.6 is 11.3 Å². The summed E-state index contributed by atoms with van der Waals surface area (Å²) in [5.74, 6) is -0.302. The van der Waals surface area contributed by atoms with Crippen molar-refractivity contribution in [3.8, 4) is 11.5 Å². The maximum absolute atomic E-state index is 11.7. The number of hydrogen-bond donors (Lipinski definition) is 1. The zero-order valence-electron chi connectivity index (χ0n) is 13.1. The van der Waals surface area contributed by atoms with E-state index < -0.39 is 11.9 Å². The maximum Gasteiger partial charge on any atom is 0.348 e. The number of methoxy groups -OCH3 is 1. The highest BCUT2D eigenvalue weighted by Crippen LogP contribution is 2.34. The van der Waals surface area contributed by atoms with Gasteiger partial charge in [0.25, 0.3) is 0 Å². The van der Waals surface area contributed by atoms with Crippen LogP contribution in [0.4, 0.5) is 0 Å². The molecule has 3 rings (SSSR count). The zero-order valence-corrected chi connectivity index (χ0v) is 13.9. The third-order valence-electron chi connectivity index (χ3n) is 3.32. The van der Waals surface area contributed by atoms with Crippen LogP contribution in [-0.2, 0) is 9.53 Å².